The average Bonchev–Trinajstić information content (AvgIpc) is 3.16. The molecule has 2 aromatic rings. The number of pyridine rings is 1. The molecule has 1 fully saturated rings. The molecule has 0 spiro atoms. The van der Waals surface area contributed by atoms with Crippen molar-refractivity contribution in [2.45, 2.75) is 39.3 Å². The molecular formula is C20H30N6O. The van der Waals surface area contributed by atoms with Crippen LogP contribution in [0.15, 0.2) is 30.7 Å². The molecule has 1 atom stereocenters. The van der Waals surface area contributed by atoms with Crippen LogP contribution < -0.4 is 10.2 Å². The Morgan fingerprint density at radius 2 is 1.89 bits per heavy atom. The molecule has 0 bridgehead atoms. The summed E-state index contributed by atoms with van der Waals surface area (Å²) in [5.41, 5.74) is 1.05. The predicted molar refractivity (Wildman–Crippen MR) is 107 cm³/mol. The smallest absolute Gasteiger partial charge is 0.243 e. The molecular weight excluding hydrogens is 340 g/mol. The molecule has 1 N–H and O–H groups in total. The maximum Gasteiger partial charge on any atom is 0.243 e. The molecule has 0 unspecified atom stereocenters. The van der Waals surface area contributed by atoms with Gasteiger partial charge in [0.25, 0.3) is 0 Å². The van der Waals surface area contributed by atoms with Crippen LogP contribution in [0.5, 0.6) is 0 Å². The van der Waals surface area contributed by atoms with Crippen molar-refractivity contribution in [3.05, 3.63) is 42.1 Å². The van der Waals surface area contributed by atoms with Crippen molar-refractivity contribution in [3.63, 3.8) is 0 Å². The summed E-state index contributed by atoms with van der Waals surface area (Å²) in [4.78, 5) is 26.3. The monoisotopic (exact) mass is 370 g/mol. The molecule has 1 amide bonds. The zero-order valence-electron chi connectivity index (χ0n) is 16.7. The van der Waals surface area contributed by atoms with Crippen LogP contribution in [0.25, 0.3) is 0 Å². The summed E-state index contributed by atoms with van der Waals surface area (Å²) >= 11 is 0. The number of carbonyl (C=O) groups excluding carboxylic acids is 1. The minimum atomic E-state index is -0.298. The number of rotatable bonds is 6. The lowest BCUT2D eigenvalue weighted by atomic mass is 10.2. The number of nitrogens with one attached hydrogen (secondary N) is 1. The van der Waals surface area contributed by atoms with Crippen molar-refractivity contribution in [3.8, 4) is 0 Å². The molecule has 0 aliphatic carbocycles. The fourth-order valence-corrected chi connectivity index (χ4v) is 3.43. The number of hydrogen-bond donors (Lipinski definition) is 1. The molecule has 1 saturated heterocycles. The van der Waals surface area contributed by atoms with Gasteiger partial charge in [-0.15, -0.1) is 0 Å². The Kier molecular flexibility index (Phi) is 6.11. The van der Waals surface area contributed by atoms with Crippen molar-refractivity contribution in [1.82, 2.24) is 24.8 Å². The van der Waals surface area contributed by atoms with Gasteiger partial charge in [-0.3, -0.25) is 4.79 Å². The number of amides is 1. The van der Waals surface area contributed by atoms with Crippen LogP contribution in [0.3, 0.4) is 0 Å². The van der Waals surface area contributed by atoms with Gasteiger partial charge in [-0.1, -0.05) is 19.9 Å². The summed E-state index contributed by atoms with van der Waals surface area (Å²) < 4.78 is 1.95. The van der Waals surface area contributed by atoms with Crippen LogP contribution in [0.2, 0.25) is 0 Å². The van der Waals surface area contributed by atoms with Gasteiger partial charge in [-0.05, 0) is 20.0 Å². The standard InChI is InChI=1S/C20H30N6O/c1-15(2)18-22-8-9-26(18)16(3)20(27)23-14-17-6-5-7-21-19(17)25-12-10-24(4)11-13-25/h5-9,15-16H,10-14H2,1-4H3,(H,23,27)/t16-/m0/s1. The number of imidazole rings is 1. The Hall–Kier alpha value is -2.41. The maximum absolute atomic E-state index is 12.7. The highest BCUT2D eigenvalue weighted by molar-refractivity contribution is 5.80. The molecule has 3 heterocycles. The first kappa shape index (κ1) is 19.4. The van der Waals surface area contributed by atoms with Gasteiger partial charge in [0.1, 0.15) is 17.7 Å². The summed E-state index contributed by atoms with van der Waals surface area (Å²) in [6, 6.07) is 3.67. The molecule has 1 aliphatic heterocycles. The number of piperazine rings is 1. The third kappa shape index (κ3) is 4.47. The van der Waals surface area contributed by atoms with E-state index in [1.807, 2.05) is 36.0 Å². The summed E-state index contributed by atoms with van der Waals surface area (Å²) in [6.07, 6.45) is 5.45. The zero-order valence-corrected chi connectivity index (χ0v) is 16.7. The van der Waals surface area contributed by atoms with Crippen molar-refractivity contribution >= 4 is 11.7 Å². The van der Waals surface area contributed by atoms with E-state index in [9.17, 15) is 4.79 Å². The Morgan fingerprint density at radius 1 is 1.15 bits per heavy atom. The van der Waals surface area contributed by atoms with Crippen LogP contribution in [-0.4, -0.2) is 58.6 Å². The van der Waals surface area contributed by atoms with E-state index < -0.39 is 0 Å². The maximum atomic E-state index is 12.7. The molecule has 7 nitrogen and oxygen atoms in total. The molecule has 0 radical (unpaired) electrons. The number of likely N-dealkylation sites (N-methyl/N-ethyl adjacent to an activating group) is 1. The molecule has 7 heteroatoms. The fraction of sp³-hybridized carbons (Fsp3) is 0.550. The minimum absolute atomic E-state index is 0.0110. The van der Waals surface area contributed by atoms with Gasteiger partial charge in [0, 0.05) is 62.8 Å². The van der Waals surface area contributed by atoms with Crippen LogP contribution >= 0.6 is 0 Å². The fourth-order valence-electron chi connectivity index (χ4n) is 3.43. The lowest BCUT2D eigenvalue weighted by Gasteiger charge is -2.34. The van der Waals surface area contributed by atoms with Crippen molar-refractivity contribution in [2.75, 3.05) is 38.1 Å². The summed E-state index contributed by atoms with van der Waals surface area (Å²) in [5.74, 6) is 2.17. The highest BCUT2D eigenvalue weighted by Gasteiger charge is 2.21. The van der Waals surface area contributed by atoms with Crippen LogP contribution in [-0.2, 0) is 11.3 Å². The second-order valence-electron chi connectivity index (χ2n) is 7.52. The molecule has 146 valence electrons. The predicted octanol–water partition coefficient (Wildman–Crippen LogP) is 2.03. The molecule has 2 aromatic heterocycles. The van der Waals surface area contributed by atoms with Gasteiger partial charge in [0.2, 0.25) is 5.91 Å². The van der Waals surface area contributed by atoms with Gasteiger partial charge in [-0.25, -0.2) is 9.97 Å². The van der Waals surface area contributed by atoms with Gasteiger partial charge < -0.3 is 19.7 Å². The Bertz CT molecular complexity index is 763. The van der Waals surface area contributed by atoms with E-state index >= 15 is 0 Å². The van der Waals surface area contributed by atoms with Crippen LogP contribution in [0.1, 0.15) is 44.1 Å². The topological polar surface area (TPSA) is 66.3 Å². The SMILES string of the molecule is CC(C)c1nccn1[C@@H](C)C(=O)NCc1cccnc1N1CCN(C)CC1. The summed E-state index contributed by atoms with van der Waals surface area (Å²) in [6.45, 7) is 10.5. The first-order chi connectivity index (χ1) is 13.0. The highest BCUT2D eigenvalue weighted by atomic mass is 16.2. The molecule has 3 rings (SSSR count). The van der Waals surface area contributed by atoms with E-state index in [4.69, 9.17) is 0 Å². The number of anilines is 1. The van der Waals surface area contributed by atoms with E-state index in [0.717, 1.165) is 43.4 Å². The Balaban J connectivity index is 1.66. The number of hydrogen-bond acceptors (Lipinski definition) is 5. The van der Waals surface area contributed by atoms with Crippen LogP contribution in [0.4, 0.5) is 5.82 Å². The summed E-state index contributed by atoms with van der Waals surface area (Å²) in [5, 5.41) is 3.08. The van der Waals surface area contributed by atoms with Crippen molar-refractivity contribution in [1.29, 1.82) is 0 Å². The number of aromatic nitrogens is 3. The van der Waals surface area contributed by atoms with E-state index in [1.54, 1.807) is 6.20 Å². The quantitative estimate of drug-likeness (QED) is 0.843. The minimum Gasteiger partial charge on any atom is -0.354 e. The molecule has 1 aliphatic rings. The van der Waals surface area contributed by atoms with Crippen molar-refractivity contribution in [2.24, 2.45) is 0 Å². The summed E-state index contributed by atoms with van der Waals surface area (Å²) in [7, 11) is 2.14. The van der Waals surface area contributed by atoms with Gasteiger partial charge in [-0.2, -0.15) is 0 Å². The third-order valence-electron chi connectivity index (χ3n) is 5.14. The third-order valence-corrected chi connectivity index (χ3v) is 5.14. The zero-order chi connectivity index (χ0) is 19.4. The highest BCUT2D eigenvalue weighted by Crippen LogP contribution is 2.20. The second kappa shape index (κ2) is 8.52. The van der Waals surface area contributed by atoms with E-state index in [0.29, 0.717) is 6.54 Å². The normalized spacial score (nSPS) is 16.6. The van der Waals surface area contributed by atoms with E-state index in [-0.39, 0.29) is 17.9 Å². The lowest BCUT2D eigenvalue weighted by Crippen LogP contribution is -2.45. The van der Waals surface area contributed by atoms with Gasteiger partial charge in [0.05, 0.1) is 0 Å². The average molecular weight is 371 g/mol. The Morgan fingerprint density at radius 3 is 2.59 bits per heavy atom. The van der Waals surface area contributed by atoms with Crippen molar-refractivity contribution < 1.29 is 4.79 Å². The van der Waals surface area contributed by atoms with E-state index in [1.165, 1.54) is 0 Å². The first-order valence-electron chi connectivity index (χ1n) is 9.65. The Labute approximate surface area is 161 Å². The number of nitrogens with zero attached hydrogens (tertiary/aromatic N) is 5. The lowest BCUT2D eigenvalue weighted by molar-refractivity contribution is -0.124. The molecule has 0 aromatic carbocycles. The molecule has 0 saturated carbocycles. The van der Waals surface area contributed by atoms with Crippen LogP contribution in [0, 0.1) is 0 Å². The van der Waals surface area contributed by atoms with Gasteiger partial charge in [0.15, 0.2) is 0 Å². The van der Waals surface area contributed by atoms with E-state index in [2.05, 4.69) is 46.0 Å². The largest absolute Gasteiger partial charge is 0.354 e. The first-order valence-corrected chi connectivity index (χ1v) is 9.65. The number of carbonyl (C=O) groups is 1. The second-order valence-corrected chi connectivity index (χ2v) is 7.52. The molecule has 27 heavy (non-hydrogen) atoms. The van der Waals surface area contributed by atoms with Gasteiger partial charge >= 0.3 is 0 Å².